The molecule has 112 valence electrons. The van der Waals surface area contributed by atoms with Gasteiger partial charge < -0.3 is 9.47 Å². The lowest BCUT2D eigenvalue weighted by molar-refractivity contribution is 0.0496. The summed E-state index contributed by atoms with van der Waals surface area (Å²) in [4.78, 5) is -0.553. The van der Waals surface area contributed by atoms with Gasteiger partial charge in [-0.1, -0.05) is 0 Å². The van der Waals surface area contributed by atoms with E-state index < -0.39 is 20.7 Å². The van der Waals surface area contributed by atoms with E-state index in [9.17, 15) is 12.8 Å². The molecule has 1 aromatic rings. The number of hydrogen-bond acceptors (Lipinski definition) is 4. The number of hydrogen-bond donors (Lipinski definition) is 1. The Morgan fingerprint density at radius 2 is 2.05 bits per heavy atom. The third-order valence-electron chi connectivity index (χ3n) is 3.11. The van der Waals surface area contributed by atoms with Crippen LogP contribution in [0.3, 0.4) is 0 Å². The summed E-state index contributed by atoms with van der Waals surface area (Å²) in [5.41, 5.74) is 0. The maximum atomic E-state index is 13.7. The zero-order chi connectivity index (χ0) is 14.8. The molecule has 0 bridgehead atoms. The molecule has 2 rings (SSSR count). The molecular weight excluding hydrogens is 353 g/mol. The first kappa shape index (κ1) is 15.7. The Labute approximate surface area is 125 Å². The monoisotopic (exact) mass is 367 g/mol. The Hall–Kier alpha value is -0.700. The van der Waals surface area contributed by atoms with Crippen LogP contribution in [0.5, 0.6) is 5.75 Å². The Bertz CT molecular complexity index is 587. The third-order valence-corrected chi connectivity index (χ3v) is 4.65. The molecule has 5 nitrogen and oxygen atoms in total. The summed E-state index contributed by atoms with van der Waals surface area (Å²) in [5.74, 6) is -0.296. The molecule has 0 radical (unpaired) electrons. The van der Waals surface area contributed by atoms with Crippen molar-refractivity contribution in [2.45, 2.75) is 17.7 Å². The van der Waals surface area contributed by atoms with Crippen molar-refractivity contribution in [2.24, 2.45) is 11.1 Å². The van der Waals surface area contributed by atoms with Gasteiger partial charge in [-0.05, 0) is 40.8 Å². The predicted octanol–water partition coefficient (Wildman–Crippen LogP) is 2.04. The molecule has 2 N–H and O–H groups in total. The van der Waals surface area contributed by atoms with Crippen LogP contribution in [-0.2, 0) is 14.8 Å². The second-order valence-corrected chi connectivity index (χ2v) is 7.01. The van der Waals surface area contributed by atoms with Crippen molar-refractivity contribution < 1.29 is 22.3 Å². The maximum Gasteiger partial charge on any atom is 0.241 e. The summed E-state index contributed by atoms with van der Waals surface area (Å²) in [6.45, 7) is 1.85. The second kappa shape index (κ2) is 6.38. The first-order valence-corrected chi connectivity index (χ1v) is 8.44. The van der Waals surface area contributed by atoms with Crippen LogP contribution in [0, 0.1) is 11.7 Å². The average molecular weight is 368 g/mol. The van der Waals surface area contributed by atoms with Gasteiger partial charge in [-0.25, -0.2) is 17.9 Å². The minimum absolute atomic E-state index is 0.265. The minimum Gasteiger partial charge on any atom is -0.492 e. The molecule has 0 unspecified atom stereocenters. The van der Waals surface area contributed by atoms with Gasteiger partial charge in [-0.15, -0.1) is 0 Å². The molecule has 0 saturated carbocycles. The SMILES string of the molecule is NS(=O)(=O)c1cc(Br)c(OCC2CCOCC2)cc1F. The summed E-state index contributed by atoms with van der Waals surface area (Å²) in [6.07, 6.45) is 1.80. The van der Waals surface area contributed by atoms with E-state index >= 15 is 0 Å². The van der Waals surface area contributed by atoms with Crippen LogP contribution in [0.15, 0.2) is 21.5 Å². The van der Waals surface area contributed by atoms with Gasteiger partial charge in [0, 0.05) is 19.3 Å². The Kier molecular flexibility index (Phi) is 5.00. The summed E-state index contributed by atoms with van der Waals surface area (Å²) in [7, 11) is -4.09. The molecule has 1 aromatic carbocycles. The smallest absolute Gasteiger partial charge is 0.241 e. The number of primary sulfonamides is 1. The number of ether oxygens (including phenoxy) is 2. The highest BCUT2D eigenvalue weighted by Gasteiger charge is 2.19. The Morgan fingerprint density at radius 3 is 2.65 bits per heavy atom. The summed E-state index contributed by atoms with van der Waals surface area (Å²) in [5, 5.41) is 4.92. The summed E-state index contributed by atoms with van der Waals surface area (Å²) < 4.78 is 47.2. The molecule has 1 heterocycles. The van der Waals surface area contributed by atoms with E-state index in [2.05, 4.69) is 15.9 Å². The molecule has 0 atom stereocenters. The Balaban J connectivity index is 2.11. The van der Waals surface area contributed by atoms with Crippen molar-refractivity contribution in [3.63, 3.8) is 0 Å². The fraction of sp³-hybridized carbons (Fsp3) is 0.500. The summed E-state index contributed by atoms with van der Waals surface area (Å²) in [6, 6.07) is 2.15. The van der Waals surface area contributed by atoms with Crippen LogP contribution in [-0.4, -0.2) is 28.2 Å². The van der Waals surface area contributed by atoms with Crippen molar-refractivity contribution in [3.8, 4) is 5.75 Å². The zero-order valence-corrected chi connectivity index (χ0v) is 13.0. The normalized spacial score (nSPS) is 17.1. The quantitative estimate of drug-likeness (QED) is 0.882. The molecule has 1 aliphatic rings. The van der Waals surface area contributed by atoms with Crippen LogP contribution in [0.4, 0.5) is 4.39 Å². The van der Waals surface area contributed by atoms with Crippen molar-refractivity contribution in [1.82, 2.24) is 0 Å². The van der Waals surface area contributed by atoms with Crippen molar-refractivity contribution in [2.75, 3.05) is 19.8 Å². The van der Waals surface area contributed by atoms with E-state index in [1.54, 1.807) is 0 Å². The van der Waals surface area contributed by atoms with Gasteiger partial charge in [-0.2, -0.15) is 0 Å². The van der Waals surface area contributed by atoms with Gasteiger partial charge in [0.1, 0.15) is 16.5 Å². The lowest BCUT2D eigenvalue weighted by Gasteiger charge is -2.22. The number of benzene rings is 1. The molecule has 0 aromatic heterocycles. The fourth-order valence-corrected chi connectivity index (χ4v) is 3.18. The molecule has 20 heavy (non-hydrogen) atoms. The third kappa shape index (κ3) is 3.91. The molecule has 0 aliphatic carbocycles. The van der Waals surface area contributed by atoms with Gasteiger partial charge in [-0.3, -0.25) is 0 Å². The highest BCUT2D eigenvalue weighted by molar-refractivity contribution is 9.10. The Morgan fingerprint density at radius 1 is 1.40 bits per heavy atom. The van der Waals surface area contributed by atoms with Gasteiger partial charge in [0.25, 0.3) is 0 Å². The topological polar surface area (TPSA) is 78.6 Å². The molecular formula is C12H15BrFNO4S. The van der Waals surface area contributed by atoms with E-state index in [1.165, 1.54) is 0 Å². The molecule has 8 heteroatoms. The lowest BCUT2D eigenvalue weighted by Crippen LogP contribution is -2.21. The molecule has 1 fully saturated rings. The average Bonchev–Trinajstić information content (AvgIpc) is 2.39. The van der Waals surface area contributed by atoms with E-state index in [-0.39, 0.29) is 5.75 Å². The molecule has 0 spiro atoms. The first-order chi connectivity index (χ1) is 9.38. The van der Waals surface area contributed by atoms with Crippen molar-refractivity contribution >= 4 is 26.0 Å². The standard InChI is InChI=1S/C12H15BrFNO4S/c13-9-5-12(20(15,16)17)10(14)6-11(9)19-7-8-1-3-18-4-2-8/h5-6,8H,1-4,7H2,(H2,15,16,17). The number of sulfonamides is 1. The van der Waals surface area contributed by atoms with Gasteiger partial charge in [0.15, 0.2) is 0 Å². The fourth-order valence-electron chi connectivity index (χ4n) is 1.96. The van der Waals surface area contributed by atoms with Crippen LogP contribution >= 0.6 is 15.9 Å². The van der Waals surface area contributed by atoms with Crippen LogP contribution in [0.25, 0.3) is 0 Å². The van der Waals surface area contributed by atoms with Crippen LogP contribution in [0.1, 0.15) is 12.8 Å². The van der Waals surface area contributed by atoms with E-state index in [0.717, 1.165) is 25.0 Å². The number of nitrogens with two attached hydrogens (primary N) is 1. The molecule has 1 aliphatic heterocycles. The van der Waals surface area contributed by atoms with Crippen LogP contribution in [0.2, 0.25) is 0 Å². The lowest BCUT2D eigenvalue weighted by atomic mass is 10.0. The van der Waals surface area contributed by atoms with Gasteiger partial charge in [0.2, 0.25) is 10.0 Å². The number of rotatable bonds is 4. The highest BCUT2D eigenvalue weighted by Crippen LogP contribution is 2.30. The first-order valence-electron chi connectivity index (χ1n) is 6.10. The molecule has 1 saturated heterocycles. The maximum absolute atomic E-state index is 13.7. The largest absolute Gasteiger partial charge is 0.492 e. The van der Waals surface area contributed by atoms with E-state index in [4.69, 9.17) is 14.6 Å². The summed E-state index contributed by atoms with van der Waals surface area (Å²) >= 11 is 3.16. The number of halogens is 2. The van der Waals surface area contributed by atoms with Crippen molar-refractivity contribution in [3.05, 3.63) is 22.4 Å². The second-order valence-electron chi connectivity index (χ2n) is 4.62. The van der Waals surface area contributed by atoms with Crippen molar-refractivity contribution in [1.29, 1.82) is 0 Å². The zero-order valence-electron chi connectivity index (χ0n) is 10.6. The minimum atomic E-state index is -4.09. The van der Waals surface area contributed by atoms with Gasteiger partial charge in [0.05, 0.1) is 11.1 Å². The van der Waals surface area contributed by atoms with E-state index in [1.807, 2.05) is 0 Å². The highest BCUT2D eigenvalue weighted by atomic mass is 79.9. The molecule has 0 amide bonds. The van der Waals surface area contributed by atoms with E-state index in [0.29, 0.717) is 30.2 Å². The predicted molar refractivity (Wildman–Crippen MR) is 74.5 cm³/mol. The van der Waals surface area contributed by atoms with Crippen LogP contribution < -0.4 is 9.88 Å². The van der Waals surface area contributed by atoms with Gasteiger partial charge >= 0.3 is 0 Å².